The number of halogens is 2. The second kappa shape index (κ2) is 10.3. The molecule has 0 bridgehead atoms. The van der Waals surface area contributed by atoms with E-state index in [1.807, 2.05) is 13.0 Å². The van der Waals surface area contributed by atoms with Gasteiger partial charge in [-0.2, -0.15) is 4.98 Å². The summed E-state index contributed by atoms with van der Waals surface area (Å²) in [5, 5.41) is 6.58. The van der Waals surface area contributed by atoms with Gasteiger partial charge in [-0.25, -0.2) is 9.97 Å². The topological polar surface area (TPSA) is 92.3 Å². The Bertz CT molecular complexity index is 1140. The van der Waals surface area contributed by atoms with Crippen LogP contribution in [-0.4, -0.2) is 47.2 Å². The van der Waals surface area contributed by atoms with Crippen LogP contribution in [0.5, 0.6) is 0 Å². The van der Waals surface area contributed by atoms with E-state index in [-0.39, 0.29) is 21.7 Å². The highest BCUT2D eigenvalue weighted by Crippen LogP contribution is 2.27. The molecule has 3 heterocycles. The lowest BCUT2D eigenvalue weighted by molar-refractivity contribution is 0.102. The average molecular weight is 487 g/mol. The van der Waals surface area contributed by atoms with Crippen LogP contribution >= 0.6 is 23.2 Å². The number of hydrogen-bond acceptors (Lipinski definition) is 7. The molecule has 33 heavy (non-hydrogen) atoms. The molecule has 1 amide bonds. The van der Waals surface area contributed by atoms with Crippen LogP contribution in [-0.2, 0) is 4.74 Å². The number of ether oxygens (including phenoxy) is 1. The number of carbonyl (C=O) groups excluding carboxylic acids is 1. The summed E-state index contributed by atoms with van der Waals surface area (Å²) in [5.41, 5.74) is 1.60. The maximum absolute atomic E-state index is 12.7. The third kappa shape index (κ3) is 5.52. The van der Waals surface area contributed by atoms with Crippen molar-refractivity contribution < 1.29 is 9.53 Å². The maximum atomic E-state index is 12.7. The van der Waals surface area contributed by atoms with E-state index in [0.717, 1.165) is 25.1 Å². The molecule has 1 aromatic carbocycles. The smallest absolute Gasteiger partial charge is 0.258 e. The van der Waals surface area contributed by atoms with Gasteiger partial charge in [-0.1, -0.05) is 29.3 Å². The van der Waals surface area contributed by atoms with Crippen molar-refractivity contribution in [3.63, 3.8) is 0 Å². The molecule has 0 aliphatic carbocycles. The van der Waals surface area contributed by atoms with Crippen molar-refractivity contribution in [2.45, 2.75) is 25.8 Å². The van der Waals surface area contributed by atoms with Crippen molar-refractivity contribution in [3.05, 3.63) is 63.9 Å². The monoisotopic (exact) mass is 486 g/mol. The van der Waals surface area contributed by atoms with Gasteiger partial charge < -0.3 is 20.3 Å². The summed E-state index contributed by atoms with van der Waals surface area (Å²) in [4.78, 5) is 28.5. The zero-order chi connectivity index (χ0) is 23.4. The quantitative estimate of drug-likeness (QED) is 0.479. The number of amides is 1. The van der Waals surface area contributed by atoms with Gasteiger partial charge in [-0.15, -0.1) is 0 Å². The summed E-state index contributed by atoms with van der Waals surface area (Å²) in [6, 6.07) is 10.4. The van der Waals surface area contributed by atoms with E-state index in [0.29, 0.717) is 29.9 Å². The van der Waals surface area contributed by atoms with Crippen molar-refractivity contribution in [3.8, 4) is 0 Å². The highest BCUT2D eigenvalue weighted by atomic mass is 35.5. The Kier molecular flexibility index (Phi) is 7.27. The van der Waals surface area contributed by atoms with Crippen molar-refractivity contribution in [2.75, 3.05) is 35.8 Å². The van der Waals surface area contributed by atoms with Gasteiger partial charge in [-0.05, 0) is 38.0 Å². The van der Waals surface area contributed by atoms with E-state index in [4.69, 9.17) is 32.9 Å². The molecule has 172 valence electrons. The SMILES string of the molecule is COCC1CCCN1c1nc(C)cc(Nc2cc(NC(=O)c3c(Cl)cccc3Cl)ccn2)n1. The molecule has 10 heteroatoms. The Labute approximate surface area is 202 Å². The second-order valence-electron chi connectivity index (χ2n) is 7.74. The fourth-order valence-electron chi connectivity index (χ4n) is 3.83. The Morgan fingerprint density at radius 2 is 1.97 bits per heavy atom. The number of anilines is 4. The van der Waals surface area contributed by atoms with Crippen molar-refractivity contribution in [1.29, 1.82) is 0 Å². The zero-order valence-corrected chi connectivity index (χ0v) is 19.8. The summed E-state index contributed by atoms with van der Waals surface area (Å²) in [6.45, 7) is 3.45. The van der Waals surface area contributed by atoms with Gasteiger partial charge in [0.05, 0.1) is 28.3 Å². The first-order valence-electron chi connectivity index (χ1n) is 10.5. The van der Waals surface area contributed by atoms with E-state index in [2.05, 4.69) is 25.5 Å². The van der Waals surface area contributed by atoms with Crippen molar-refractivity contribution >= 4 is 52.4 Å². The van der Waals surface area contributed by atoms with E-state index in [9.17, 15) is 4.79 Å². The number of pyridine rings is 1. The van der Waals surface area contributed by atoms with Crippen LogP contribution < -0.4 is 15.5 Å². The molecule has 1 atom stereocenters. The number of methoxy groups -OCH3 is 1. The molecule has 2 aromatic heterocycles. The largest absolute Gasteiger partial charge is 0.383 e. The third-order valence-electron chi connectivity index (χ3n) is 5.30. The van der Waals surface area contributed by atoms with E-state index in [1.54, 1.807) is 43.6 Å². The first-order chi connectivity index (χ1) is 15.9. The number of aryl methyl sites for hydroxylation is 1. The minimum absolute atomic E-state index is 0.222. The first kappa shape index (κ1) is 23.2. The number of benzene rings is 1. The van der Waals surface area contributed by atoms with Gasteiger partial charge in [-0.3, -0.25) is 4.79 Å². The average Bonchev–Trinajstić information content (AvgIpc) is 3.22. The fourth-order valence-corrected chi connectivity index (χ4v) is 4.40. The van der Waals surface area contributed by atoms with Crippen LogP contribution in [0.1, 0.15) is 28.9 Å². The number of nitrogens with zero attached hydrogens (tertiary/aromatic N) is 4. The lowest BCUT2D eigenvalue weighted by atomic mass is 10.2. The Hall–Kier alpha value is -2.94. The molecule has 1 aliphatic rings. The van der Waals surface area contributed by atoms with Gasteiger partial charge >= 0.3 is 0 Å². The maximum Gasteiger partial charge on any atom is 0.258 e. The highest BCUT2D eigenvalue weighted by molar-refractivity contribution is 6.40. The molecule has 1 saturated heterocycles. The summed E-state index contributed by atoms with van der Waals surface area (Å²) in [7, 11) is 1.71. The van der Waals surface area contributed by atoms with Gasteiger partial charge in [0.15, 0.2) is 0 Å². The van der Waals surface area contributed by atoms with Gasteiger partial charge in [0.1, 0.15) is 11.6 Å². The van der Waals surface area contributed by atoms with Crippen LogP contribution in [0.15, 0.2) is 42.6 Å². The molecule has 0 spiro atoms. The van der Waals surface area contributed by atoms with Crippen LogP contribution in [0.3, 0.4) is 0 Å². The van der Waals surface area contributed by atoms with E-state index < -0.39 is 5.91 Å². The minimum atomic E-state index is -0.402. The van der Waals surface area contributed by atoms with Crippen LogP contribution in [0.25, 0.3) is 0 Å². The minimum Gasteiger partial charge on any atom is -0.383 e. The number of rotatable bonds is 7. The summed E-state index contributed by atoms with van der Waals surface area (Å²) in [6.07, 6.45) is 3.72. The normalized spacial score (nSPS) is 15.5. The lowest BCUT2D eigenvalue weighted by Crippen LogP contribution is -2.34. The fraction of sp³-hybridized carbons (Fsp3) is 0.304. The summed E-state index contributed by atoms with van der Waals surface area (Å²) in [5.74, 6) is 1.40. The molecular weight excluding hydrogens is 463 g/mol. The molecule has 1 aliphatic heterocycles. The molecular formula is C23H24Cl2N6O2. The Morgan fingerprint density at radius 3 is 2.73 bits per heavy atom. The molecule has 3 aromatic rings. The van der Waals surface area contributed by atoms with Crippen LogP contribution in [0.2, 0.25) is 10.0 Å². The second-order valence-corrected chi connectivity index (χ2v) is 8.56. The van der Waals surface area contributed by atoms with Crippen LogP contribution in [0, 0.1) is 6.92 Å². The standard InChI is InChI=1S/C23H24Cl2N6O2/c1-14-11-20(30-23(27-14)31-10-4-5-16(31)13-33-2)29-19-12-15(8-9-26-19)28-22(32)21-17(24)6-3-7-18(21)25/h3,6-9,11-12,16H,4-5,10,13H2,1-2H3,(H2,26,27,28,29,30,32). The number of hydrogen-bond donors (Lipinski definition) is 2. The number of carbonyl (C=O) groups is 1. The Balaban J connectivity index is 1.52. The molecule has 4 rings (SSSR count). The zero-order valence-electron chi connectivity index (χ0n) is 18.3. The predicted octanol–water partition coefficient (Wildman–Crippen LogP) is 5.10. The van der Waals surface area contributed by atoms with E-state index >= 15 is 0 Å². The molecule has 8 nitrogen and oxygen atoms in total. The van der Waals surface area contributed by atoms with E-state index in [1.165, 1.54) is 0 Å². The van der Waals surface area contributed by atoms with Gasteiger partial charge in [0, 0.05) is 43.4 Å². The van der Waals surface area contributed by atoms with Gasteiger partial charge in [0.2, 0.25) is 5.95 Å². The summed E-state index contributed by atoms with van der Waals surface area (Å²) < 4.78 is 5.35. The molecule has 0 radical (unpaired) electrons. The molecule has 0 saturated carbocycles. The molecule has 1 unspecified atom stereocenters. The highest BCUT2D eigenvalue weighted by Gasteiger charge is 2.27. The van der Waals surface area contributed by atoms with Crippen molar-refractivity contribution in [2.24, 2.45) is 0 Å². The Morgan fingerprint density at radius 1 is 1.18 bits per heavy atom. The lowest BCUT2D eigenvalue weighted by Gasteiger charge is -2.24. The van der Waals surface area contributed by atoms with Crippen molar-refractivity contribution in [1.82, 2.24) is 15.0 Å². The molecule has 1 fully saturated rings. The molecule has 2 N–H and O–H groups in total. The predicted molar refractivity (Wildman–Crippen MR) is 131 cm³/mol. The first-order valence-corrected chi connectivity index (χ1v) is 11.3. The third-order valence-corrected chi connectivity index (χ3v) is 5.93. The number of aromatic nitrogens is 3. The summed E-state index contributed by atoms with van der Waals surface area (Å²) >= 11 is 12.3. The van der Waals surface area contributed by atoms with Crippen LogP contribution in [0.4, 0.5) is 23.3 Å². The number of nitrogens with one attached hydrogen (secondary N) is 2. The van der Waals surface area contributed by atoms with Gasteiger partial charge in [0.25, 0.3) is 5.91 Å².